The molecule has 0 bridgehead atoms. The summed E-state index contributed by atoms with van der Waals surface area (Å²) in [6.45, 7) is 0. The third kappa shape index (κ3) is 7.85. The van der Waals surface area contributed by atoms with Crippen molar-refractivity contribution in [1.29, 1.82) is 0 Å². The third-order valence-electron chi connectivity index (χ3n) is 13.3. The maximum Gasteiger partial charge on any atom is 0.122 e. The second-order valence-electron chi connectivity index (χ2n) is 17.6. The molecule has 6 aromatic heterocycles. The van der Waals surface area contributed by atoms with Gasteiger partial charge in [-0.3, -0.25) is 28.9 Å². The Morgan fingerprint density at radius 1 is 0.319 bits per heavy atom. The molecule has 0 radical (unpaired) electrons. The number of thiophene rings is 2. The average Bonchev–Trinajstić information content (AvgIpc) is 4.29. The summed E-state index contributed by atoms with van der Waals surface area (Å²) < 4.78 is 7.28. The van der Waals surface area contributed by atoms with Crippen LogP contribution in [0.15, 0.2) is 266 Å². The minimum absolute atomic E-state index is 0.966. The molecule has 0 amide bonds. The summed E-state index contributed by atoms with van der Waals surface area (Å²) in [4.78, 5) is 13.8. The molecule has 0 aliphatic heterocycles. The molecule has 6 heterocycles. The molecule has 13 aromatic rings. The lowest BCUT2D eigenvalue weighted by atomic mass is 10.0. The molecular formula is C64H44N6S2. The lowest BCUT2D eigenvalue weighted by Crippen LogP contribution is -2.15. The molecule has 6 nitrogen and oxygen atoms in total. The van der Waals surface area contributed by atoms with Gasteiger partial charge in [0.1, 0.15) is 11.6 Å². The molecule has 0 aliphatic rings. The second kappa shape index (κ2) is 18.7. The zero-order valence-corrected chi connectivity index (χ0v) is 40.5. The first-order valence-corrected chi connectivity index (χ1v) is 25.7. The van der Waals surface area contributed by atoms with Crippen molar-refractivity contribution >= 4 is 77.2 Å². The van der Waals surface area contributed by atoms with Crippen LogP contribution in [0.5, 0.6) is 0 Å². The van der Waals surface area contributed by atoms with E-state index in [1.54, 1.807) is 22.7 Å². The van der Waals surface area contributed by atoms with Crippen molar-refractivity contribution in [2.75, 3.05) is 9.80 Å². The van der Waals surface area contributed by atoms with E-state index in [4.69, 9.17) is 0 Å². The number of nitrogens with zero attached hydrogens (tertiary/aromatic N) is 6. The minimum Gasteiger partial charge on any atom is -0.296 e. The van der Waals surface area contributed by atoms with E-state index >= 15 is 0 Å². The van der Waals surface area contributed by atoms with Gasteiger partial charge in [0.2, 0.25) is 0 Å². The van der Waals surface area contributed by atoms with Crippen molar-refractivity contribution in [2.24, 2.45) is 0 Å². The Morgan fingerprint density at radius 2 is 0.708 bits per heavy atom. The largest absolute Gasteiger partial charge is 0.296 e. The first-order valence-electron chi connectivity index (χ1n) is 23.9. The highest BCUT2D eigenvalue weighted by molar-refractivity contribution is 7.18. The maximum atomic E-state index is 4.60. The van der Waals surface area contributed by atoms with Gasteiger partial charge in [-0.2, -0.15) is 0 Å². The third-order valence-corrected chi connectivity index (χ3v) is 15.3. The van der Waals surface area contributed by atoms with Gasteiger partial charge < -0.3 is 0 Å². The fourth-order valence-corrected chi connectivity index (χ4v) is 11.9. The van der Waals surface area contributed by atoms with Gasteiger partial charge in [0.05, 0.1) is 35.2 Å². The number of aromatic nitrogens is 4. The Labute approximate surface area is 425 Å². The Hall–Kier alpha value is -9.08. The minimum atomic E-state index is 0.966. The summed E-state index contributed by atoms with van der Waals surface area (Å²) in [6.07, 6.45) is 7.52. The van der Waals surface area contributed by atoms with Crippen molar-refractivity contribution in [3.8, 4) is 56.1 Å². The Bertz CT molecular complexity index is 3690. The summed E-state index contributed by atoms with van der Waals surface area (Å²) in [5, 5.41) is 7.08. The SMILES string of the molecule is c1ccc(-n2c(-c3ccc(-c4ccc(N(c5ccc(-c6csc7ccccc67)cc5)c5cccnc5)n4-c4ccccc4)cc3)ccc2N(c2ccc(-c3csc4ccccc34)cc2)c2cccnc2)cc1. The maximum absolute atomic E-state index is 4.60. The number of pyridine rings is 2. The molecule has 0 atom stereocenters. The van der Waals surface area contributed by atoms with Gasteiger partial charge in [0.15, 0.2) is 0 Å². The molecule has 7 aromatic carbocycles. The van der Waals surface area contributed by atoms with Gasteiger partial charge in [-0.15, -0.1) is 22.7 Å². The van der Waals surface area contributed by atoms with Crippen molar-refractivity contribution < 1.29 is 0 Å². The van der Waals surface area contributed by atoms with Gasteiger partial charge in [-0.1, -0.05) is 121 Å². The topological polar surface area (TPSA) is 42.1 Å². The van der Waals surface area contributed by atoms with E-state index in [-0.39, 0.29) is 0 Å². The van der Waals surface area contributed by atoms with Crippen LogP contribution in [0.25, 0.3) is 76.3 Å². The molecule has 0 aliphatic carbocycles. The van der Waals surface area contributed by atoms with E-state index in [1.165, 1.54) is 42.4 Å². The molecule has 72 heavy (non-hydrogen) atoms. The Morgan fingerprint density at radius 3 is 1.11 bits per heavy atom. The predicted molar refractivity (Wildman–Crippen MR) is 303 cm³/mol. The number of hydrogen-bond acceptors (Lipinski definition) is 6. The number of rotatable bonds is 12. The molecule has 342 valence electrons. The number of hydrogen-bond donors (Lipinski definition) is 0. The number of benzene rings is 7. The van der Waals surface area contributed by atoms with Crippen LogP contribution < -0.4 is 9.80 Å². The number of para-hydroxylation sites is 2. The van der Waals surface area contributed by atoms with E-state index in [0.29, 0.717) is 0 Å². The molecule has 8 heteroatoms. The first kappa shape index (κ1) is 43.0. The van der Waals surface area contributed by atoms with E-state index in [1.807, 2.05) is 36.9 Å². The summed E-state index contributed by atoms with van der Waals surface area (Å²) in [5.41, 5.74) is 15.3. The average molecular weight is 961 g/mol. The van der Waals surface area contributed by atoms with E-state index in [9.17, 15) is 0 Å². The molecule has 0 saturated carbocycles. The molecule has 0 unspecified atom stereocenters. The Kier molecular flexibility index (Phi) is 11.1. The van der Waals surface area contributed by atoms with Crippen LogP contribution in [-0.2, 0) is 0 Å². The van der Waals surface area contributed by atoms with Crippen LogP contribution >= 0.6 is 22.7 Å². The van der Waals surface area contributed by atoms with Gasteiger partial charge in [-0.05, 0) is 142 Å². The van der Waals surface area contributed by atoms with Crippen LogP contribution in [-0.4, -0.2) is 19.1 Å². The monoisotopic (exact) mass is 960 g/mol. The van der Waals surface area contributed by atoms with Crippen LogP contribution in [0.1, 0.15) is 0 Å². The van der Waals surface area contributed by atoms with Crippen LogP contribution in [0.3, 0.4) is 0 Å². The lowest BCUT2D eigenvalue weighted by molar-refractivity contribution is 1.04. The standard InChI is InChI=1S/C64H44N6S2/c1-3-13-49(14-4-1)69-59(35-37-63(69)67(53-17-11-39-65-41-53)51-31-27-45(28-32-51)57-43-71-61-21-9-7-19-55(57)61)47-23-25-48(26-24-47)60-36-38-64(70(60)50-15-5-2-6-16-50)68(54-18-12-40-66-42-54)52-33-29-46(30-34-52)58-44-72-62-22-10-8-20-56(58)62/h1-44H. The summed E-state index contributed by atoms with van der Waals surface area (Å²) in [7, 11) is 0. The van der Waals surface area contributed by atoms with Crippen LogP contribution in [0.4, 0.5) is 34.4 Å². The fourth-order valence-electron chi connectivity index (χ4n) is 9.94. The highest BCUT2D eigenvalue weighted by Gasteiger charge is 2.24. The molecule has 13 rings (SSSR count). The molecule has 0 saturated heterocycles. The number of fused-ring (bicyclic) bond motifs is 2. The van der Waals surface area contributed by atoms with E-state index in [0.717, 1.165) is 68.3 Å². The molecule has 0 spiro atoms. The Balaban J connectivity index is 0.897. The molecule has 0 N–H and O–H groups in total. The molecular weight excluding hydrogens is 917 g/mol. The number of anilines is 6. The van der Waals surface area contributed by atoms with Gasteiger partial charge in [0.25, 0.3) is 0 Å². The van der Waals surface area contributed by atoms with Crippen molar-refractivity contribution in [3.63, 3.8) is 0 Å². The normalized spacial score (nSPS) is 11.3. The van der Waals surface area contributed by atoms with Crippen LogP contribution in [0.2, 0.25) is 0 Å². The predicted octanol–water partition coefficient (Wildman–Crippen LogP) is 18.1. The van der Waals surface area contributed by atoms with E-state index < -0.39 is 0 Å². The zero-order chi connectivity index (χ0) is 47.8. The van der Waals surface area contributed by atoms with Gasteiger partial charge in [-0.25, -0.2) is 0 Å². The van der Waals surface area contributed by atoms with Crippen LogP contribution in [0, 0.1) is 0 Å². The van der Waals surface area contributed by atoms with Crippen molar-refractivity contribution in [2.45, 2.75) is 0 Å². The van der Waals surface area contributed by atoms with Crippen molar-refractivity contribution in [3.05, 3.63) is 266 Å². The summed E-state index contributed by atoms with van der Waals surface area (Å²) in [5.74, 6) is 1.99. The van der Waals surface area contributed by atoms with Crippen molar-refractivity contribution in [1.82, 2.24) is 19.1 Å². The first-order chi connectivity index (χ1) is 35.7. The zero-order valence-electron chi connectivity index (χ0n) is 38.9. The lowest BCUT2D eigenvalue weighted by Gasteiger charge is -2.27. The molecule has 0 fully saturated rings. The second-order valence-corrected chi connectivity index (χ2v) is 19.4. The summed E-state index contributed by atoms with van der Waals surface area (Å²) in [6, 6.07) is 82.4. The van der Waals surface area contributed by atoms with Gasteiger partial charge in [0, 0.05) is 66.4 Å². The van der Waals surface area contributed by atoms with Gasteiger partial charge >= 0.3 is 0 Å². The summed E-state index contributed by atoms with van der Waals surface area (Å²) >= 11 is 3.57. The smallest absolute Gasteiger partial charge is 0.122 e. The highest BCUT2D eigenvalue weighted by atomic mass is 32.1. The van der Waals surface area contributed by atoms with E-state index in [2.05, 4.69) is 258 Å². The quantitative estimate of drug-likeness (QED) is 0.122. The highest BCUT2D eigenvalue weighted by Crippen LogP contribution is 2.44. The fraction of sp³-hybridized carbons (Fsp3) is 0.